The minimum atomic E-state index is -0.141. The number of hydrogen-bond donors (Lipinski definition) is 2. The fourth-order valence-electron chi connectivity index (χ4n) is 2.95. The summed E-state index contributed by atoms with van der Waals surface area (Å²) in [7, 11) is 0. The van der Waals surface area contributed by atoms with E-state index in [2.05, 4.69) is 15.0 Å². The summed E-state index contributed by atoms with van der Waals surface area (Å²) in [5.74, 6) is 0.892. The number of hydrogen-bond acceptors (Lipinski definition) is 8. The van der Waals surface area contributed by atoms with E-state index < -0.39 is 0 Å². The summed E-state index contributed by atoms with van der Waals surface area (Å²) in [6, 6.07) is 9.54. The fraction of sp³-hybridized carbons (Fsp3) is 0.167. The minimum Gasteiger partial charge on any atom is -0.368 e. The number of aryl methyl sites for hydroxylation is 2. The Bertz CT molecular complexity index is 1190. The van der Waals surface area contributed by atoms with Gasteiger partial charge in [-0.3, -0.25) is 9.36 Å². The van der Waals surface area contributed by atoms with Gasteiger partial charge in [0.1, 0.15) is 10.7 Å². The number of benzene rings is 1. The molecular formula is C18H17N7OS. The molecule has 4 N–H and O–H groups in total. The molecule has 1 aromatic carbocycles. The van der Waals surface area contributed by atoms with E-state index in [1.54, 1.807) is 4.57 Å². The van der Waals surface area contributed by atoms with E-state index >= 15 is 0 Å². The van der Waals surface area contributed by atoms with Crippen LogP contribution in [0.15, 0.2) is 35.1 Å². The zero-order valence-electron chi connectivity index (χ0n) is 14.8. The maximum atomic E-state index is 13.3. The molecule has 0 aliphatic carbocycles. The molecule has 136 valence electrons. The number of nitrogen functional groups attached to an aromatic ring is 2. The van der Waals surface area contributed by atoms with Gasteiger partial charge >= 0.3 is 0 Å². The van der Waals surface area contributed by atoms with Crippen LogP contribution in [0.2, 0.25) is 0 Å². The second-order valence-electron chi connectivity index (χ2n) is 6.12. The number of thiophene rings is 1. The first-order valence-electron chi connectivity index (χ1n) is 8.26. The molecule has 0 radical (unpaired) electrons. The van der Waals surface area contributed by atoms with Crippen molar-refractivity contribution in [2.24, 2.45) is 0 Å². The number of nitrogens with zero attached hydrogens (tertiary/aromatic N) is 5. The Labute approximate surface area is 158 Å². The lowest BCUT2D eigenvalue weighted by Crippen LogP contribution is -2.25. The highest BCUT2D eigenvalue weighted by atomic mass is 32.1. The first kappa shape index (κ1) is 17.1. The van der Waals surface area contributed by atoms with Gasteiger partial charge in [0.2, 0.25) is 11.9 Å². The van der Waals surface area contributed by atoms with Crippen LogP contribution in [-0.2, 0) is 6.54 Å². The average Bonchev–Trinajstić information content (AvgIpc) is 2.91. The van der Waals surface area contributed by atoms with Crippen LogP contribution >= 0.6 is 11.3 Å². The minimum absolute atomic E-state index is 0.0170. The summed E-state index contributed by atoms with van der Waals surface area (Å²) >= 11 is 1.52. The molecule has 9 heteroatoms. The van der Waals surface area contributed by atoms with Crippen molar-refractivity contribution in [3.05, 3.63) is 57.0 Å². The summed E-state index contributed by atoms with van der Waals surface area (Å²) in [5.41, 5.74) is 13.0. The smallest absolute Gasteiger partial charge is 0.263 e. The summed E-state index contributed by atoms with van der Waals surface area (Å²) in [6.07, 6.45) is 0. The Kier molecular flexibility index (Phi) is 4.08. The maximum Gasteiger partial charge on any atom is 0.263 e. The molecule has 0 saturated carbocycles. The third-order valence-electron chi connectivity index (χ3n) is 4.34. The quantitative estimate of drug-likeness (QED) is 0.558. The average molecular weight is 379 g/mol. The van der Waals surface area contributed by atoms with Gasteiger partial charge < -0.3 is 11.5 Å². The van der Waals surface area contributed by atoms with Gasteiger partial charge in [-0.05, 0) is 19.4 Å². The molecule has 0 aliphatic rings. The number of nitrogens with two attached hydrogens (primary N) is 2. The molecule has 0 saturated heterocycles. The normalized spacial score (nSPS) is 11.2. The third kappa shape index (κ3) is 3.02. The van der Waals surface area contributed by atoms with Gasteiger partial charge in [0.05, 0.1) is 11.9 Å². The van der Waals surface area contributed by atoms with Crippen molar-refractivity contribution in [3.63, 3.8) is 0 Å². The van der Waals surface area contributed by atoms with Crippen LogP contribution in [0.1, 0.15) is 16.3 Å². The Balaban J connectivity index is 2.00. The van der Waals surface area contributed by atoms with Gasteiger partial charge in [0, 0.05) is 10.4 Å². The molecule has 3 aromatic heterocycles. The van der Waals surface area contributed by atoms with E-state index in [0.29, 0.717) is 17.0 Å². The molecule has 0 fully saturated rings. The standard InChI is InChI=1S/C18H17N7OS/c1-9-10(2)27-15-13(9)16(26)25(8-12-21-17(19)24-18(20)22-12)14(23-15)11-6-4-3-5-7-11/h3-7H,8H2,1-2H3,(H4,19,20,21,22,24). The van der Waals surface area contributed by atoms with Crippen LogP contribution in [0.25, 0.3) is 21.6 Å². The molecule has 0 aliphatic heterocycles. The molecule has 4 rings (SSSR count). The topological polar surface area (TPSA) is 126 Å². The van der Waals surface area contributed by atoms with Crippen LogP contribution < -0.4 is 17.0 Å². The van der Waals surface area contributed by atoms with Gasteiger partial charge in [0.25, 0.3) is 5.56 Å². The highest BCUT2D eigenvalue weighted by Crippen LogP contribution is 2.28. The Morgan fingerprint density at radius 1 is 1.00 bits per heavy atom. The fourth-order valence-corrected chi connectivity index (χ4v) is 3.97. The van der Waals surface area contributed by atoms with Gasteiger partial charge in [-0.1, -0.05) is 30.3 Å². The van der Waals surface area contributed by atoms with E-state index in [1.807, 2.05) is 44.2 Å². The first-order chi connectivity index (χ1) is 12.9. The van der Waals surface area contributed by atoms with Crippen molar-refractivity contribution in [3.8, 4) is 11.4 Å². The first-order valence-corrected chi connectivity index (χ1v) is 9.07. The Morgan fingerprint density at radius 3 is 2.33 bits per heavy atom. The summed E-state index contributed by atoms with van der Waals surface area (Å²) in [5, 5.41) is 0.618. The molecule has 0 bridgehead atoms. The molecule has 4 aromatic rings. The van der Waals surface area contributed by atoms with Crippen LogP contribution in [-0.4, -0.2) is 24.5 Å². The lowest BCUT2D eigenvalue weighted by molar-refractivity contribution is 0.713. The molecular weight excluding hydrogens is 362 g/mol. The molecule has 0 unspecified atom stereocenters. The van der Waals surface area contributed by atoms with Gasteiger partial charge in [-0.15, -0.1) is 11.3 Å². The molecule has 0 atom stereocenters. The molecule has 0 spiro atoms. The van der Waals surface area contributed by atoms with E-state index in [9.17, 15) is 4.79 Å². The number of anilines is 2. The summed E-state index contributed by atoms with van der Waals surface area (Å²) in [6.45, 7) is 4.01. The Morgan fingerprint density at radius 2 is 1.67 bits per heavy atom. The molecule has 3 heterocycles. The van der Waals surface area contributed by atoms with Crippen molar-refractivity contribution >= 4 is 33.5 Å². The number of rotatable bonds is 3. The monoisotopic (exact) mass is 379 g/mol. The lowest BCUT2D eigenvalue weighted by atomic mass is 10.2. The predicted octanol–water partition coefficient (Wildman–Crippen LogP) is 2.14. The lowest BCUT2D eigenvalue weighted by Gasteiger charge is -2.12. The predicted molar refractivity (Wildman–Crippen MR) is 107 cm³/mol. The van der Waals surface area contributed by atoms with E-state index in [-0.39, 0.29) is 24.0 Å². The SMILES string of the molecule is Cc1sc2nc(-c3ccccc3)n(Cc3nc(N)nc(N)n3)c(=O)c2c1C. The van der Waals surface area contributed by atoms with Gasteiger partial charge in [0.15, 0.2) is 5.82 Å². The second-order valence-corrected chi connectivity index (χ2v) is 7.33. The largest absolute Gasteiger partial charge is 0.368 e. The van der Waals surface area contributed by atoms with Crippen LogP contribution in [0.4, 0.5) is 11.9 Å². The molecule has 27 heavy (non-hydrogen) atoms. The zero-order chi connectivity index (χ0) is 19.1. The van der Waals surface area contributed by atoms with Crippen LogP contribution in [0.5, 0.6) is 0 Å². The van der Waals surface area contributed by atoms with Crippen LogP contribution in [0.3, 0.4) is 0 Å². The van der Waals surface area contributed by atoms with Crippen molar-refractivity contribution in [1.82, 2.24) is 24.5 Å². The highest BCUT2D eigenvalue weighted by molar-refractivity contribution is 7.18. The maximum absolute atomic E-state index is 13.3. The van der Waals surface area contributed by atoms with E-state index in [0.717, 1.165) is 20.8 Å². The van der Waals surface area contributed by atoms with Crippen molar-refractivity contribution in [2.75, 3.05) is 11.5 Å². The van der Waals surface area contributed by atoms with Crippen molar-refractivity contribution < 1.29 is 0 Å². The Hall–Kier alpha value is -3.33. The number of fused-ring (bicyclic) bond motifs is 1. The van der Waals surface area contributed by atoms with Crippen molar-refractivity contribution in [2.45, 2.75) is 20.4 Å². The highest BCUT2D eigenvalue weighted by Gasteiger charge is 2.18. The summed E-state index contributed by atoms with van der Waals surface area (Å²) < 4.78 is 1.56. The summed E-state index contributed by atoms with van der Waals surface area (Å²) in [4.78, 5) is 31.9. The van der Waals surface area contributed by atoms with Gasteiger partial charge in [-0.25, -0.2) is 4.98 Å². The van der Waals surface area contributed by atoms with E-state index in [1.165, 1.54) is 11.3 Å². The van der Waals surface area contributed by atoms with Gasteiger partial charge in [-0.2, -0.15) is 15.0 Å². The number of aromatic nitrogens is 5. The second kappa shape index (κ2) is 6.44. The zero-order valence-corrected chi connectivity index (χ0v) is 15.6. The molecule has 8 nitrogen and oxygen atoms in total. The van der Waals surface area contributed by atoms with Crippen LogP contribution in [0, 0.1) is 13.8 Å². The molecule has 0 amide bonds. The van der Waals surface area contributed by atoms with E-state index in [4.69, 9.17) is 16.5 Å². The van der Waals surface area contributed by atoms with Crippen molar-refractivity contribution in [1.29, 1.82) is 0 Å². The third-order valence-corrected chi connectivity index (χ3v) is 5.44.